The number of nitrogens with zero attached hydrogens (tertiary/aromatic N) is 2. The number of aliphatic hydroxyl groups is 2. The van der Waals surface area contributed by atoms with E-state index >= 15 is 0 Å². The molecule has 0 saturated heterocycles. The Kier molecular flexibility index (Phi) is 7.04. The van der Waals surface area contributed by atoms with Gasteiger partial charge in [-0.1, -0.05) is 0 Å². The van der Waals surface area contributed by atoms with Gasteiger partial charge in [0.2, 0.25) is 0 Å². The molecule has 0 saturated carbocycles. The average Bonchev–Trinajstić information content (AvgIpc) is 2.48. The van der Waals surface area contributed by atoms with Gasteiger partial charge in [-0.3, -0.25) is 4.79 Å². The lowest BCUT2D eigenvalue weighted by Gasteiger charge is -2.23. The second-order valence-electron chi connectivity index (χ2n) is 4.46. The highest BCUT2D eigenvalue weighted by molar-refractivity contribution is 5.94. The highest BCUT2D eigenvalue weighted by atomic mass is 16.3. The Morgan fingerprint density at radius 2 is 1.50 bits per heavy atom. The maximum absolute atomic E-state index is 12.2. The third-order valence-electron chi connectivity index (χ3n) is 3.27. The van der Waals surface area contributed by atoms with E-state index in [-0.39, 0.29) is 32.2 Å². The Morgan fingerprint density at radius 3 is 1.90 bits per heavy atom. The lowest BCUT2D eigenvalue weighted by molar-refractivity contribution is 0.0685. The minimum atomic E-state index is -0.167. The van der Waals surface area contributed by atoms with E-state index in [0.717, 1.165) is 18.8 Å². The van der Waals surface area contributed by atoms with Crippen LogP contribution < -0.4 is 4.90 Å². The normalized spacial score (nSPS) is 10.4. The van der Waals surface area contributed by atoms with E-state index in [9.17, 15) is 4.79 Å². The fraction of sp³-hybridized carbons (Fsp3) is 0.533. The number of amides is 1. The second kappa shape index (κ2) is 8.55. The van der Waals surface area contributed by atoms with Crippen LogP contribution in [0.15, 0.2) is 24.3 Å². The van der Waals surface area contributed by atoms with Gasteiger partial charge in [-0.25, -0.2) is 0 Å². The van der Waals surface area contributed by atoms with Crippen LogP contribution in [-0.2, 0) is 0 Å². The van der Waals surface area contributed by atoms with Gasteiger partial charge in [0.05, 0.1) is 13.2 Å². The lowest BCUT2D eigenvalue weighted by Crippen LogP contribution is -2.35. The molecule has 0 fully saturated rings. The molecule has 0 atom stereocenters. The molecule has 0 aromatic heterocycles. The summed E-state index contributed by atoms with van der Waals surface area (Å²) >= 11 is 0. The van der Waals surface area contributed by atoms with Crippen molar-refractivity contribution in [2.45, 2.75) is 13.8 Å². The maximum Gasteiger partial charge on any atom is 0.254 e. The van der Waals surface area contributed by atoms with Crippen LogP contribution in [0.25, 0.3) is 0 Å². The van der Waals surface area contributed by atoms with Gasteiger partial charge in [-0.05, 0) is 38.1 Å². The molecule has 2 N–H and O–H groups in total. The van der Waals surface area contributed by atoms with Crippen LogP contribution in [0.1, 0.15) is 24.2 Å². The highest BCUT2D eigenvalue weighted by Gasteiger charge is 2.15. The fourth-order valence-electron chi connectivity index (χ4n) is 2.14. The van der Waals surface area contributed by atoms with Crippen LogP contribution in [-0.4, -0.2) is 60.4 Å². The molecule has 112 valence electrons. The molecule has 0 radical (unpaired) electrons. The van der Waals surface area contributed by atoms with Crippen molar-refractivity contribution in [2.75, 3.05) is 44.3 Å². The fourth-order valence-corrected chi connectivity index (χ4v) is 2.14. The molecule has 0 unspecified atom stereocenters. The summed E-state index contributed by atoms with van der Waals surface area (Å²) in [5.74, 6) is -0.167. The highest BCUT2D eigenvalue weighted by Crippen LogP contribution is 2.16. The van der Waals surface area contributed by atoms with Crippen LogP contribution >= 0.6 is 0 Å². The molecule has 0 aliphatic rings. The summed E-state index contributed by atoms with van der Waals surface area (Å²) < 4.78 is 0. The van der Waals surface area contributed by atoms with Gasteiger partial charge in [0.1, 0.15) is 0 Å². The van der Waals surface area contributed by atoms with Crippen LogP contribution in [0, 0.1) is 0 Å². The third-order valence-corrected chi connectivity index (χ3v) is 3.27. The Bertz CT molecular complexity index is 396. The first kappa shape index (κ1) is 16.5. The minimum absolute atomic E-state index is 0.108. The molecule has 0 heterocycles. The molecule has 1 amide bonds. The molecular weight excluding hydrogens is 256 g/mol. The van der Waals surface area contributed by atoms with Crippen molar-refractivity contribution in [3.05, 3.63) is 29.8 Å². The van der Waals surface area contributed by atoms with Crippen molar-refractivity contribution in [1.82, 2.24) is 4.90 Å². The zero-order valence-corrected chi connectivity index (χ0v) is 12.2. The van der Waals surface area contributed by atoms with Crippen molar-refractivity contribution in [3.8, 4) is 0 Å². The summed E-state index contributed by atoms with van der Waals surface area (Å²) in [6, 6.07) is 7.43. The van der Waals surface area contributed by atoms with E-state index < -0.39 is 0 Å². The maximum atomic E-state index is 12.2. The first-order valence-corrected chi connectivity index (χ1v) is 7.03. The van der Waals surface area contributed by atoms with Gasteiger partial charge in [-0.2, -0.15) is 0 Å². The molecule has 5 nitrogen and oxygen atoms in total. The average molecular weight is 280 g/mol. The third kappa shape index (κ3) is 4.21. The monoisotopic (exact) mass is 280 g/mol. The molecule has 0 aliphatic heterocycles. The van der Waals surface area contributed by atoms with E-state index in [1.165, 1.54) is 4.90 Å². The van der Waals surface area contributed by atoms with Crippen molar-refractivity contribution in [1.29, 1.82) is 0 Å². The number of hydrogen-bond acceptors (Lipinski definition) is 4. The van der Waals surface area contributed by atoms with Crippen molar-refractivity contribution in [2.24, 2.45) is 0 Å². The summed E-state index contributed by atoms with van der Waals surface area (Å²) in [5, 5.41) is 17.9. The Labute approximate surface area is 120 Å². The molecule has 1 aromatic carbocycles. The number of rotatable bonds is 8. The van der Waals surface area contributed by atoms with Crippen LogP contribution in [0.2, 0.25) is 0 Å². The molecule has 5 heteroatoms. The van der Waals surface area contributed by atoms with Crippen molar-refractivity contribution < 1.29 is 15.0 Å². The predicted molar refractivity (Wildman–Crippen MR) is 80.1 cm³/mol. The second-order valence-corrected chi connectivity index (χ2v) is 4.46. The first-order chi connectivity index (χ1) is 9.67. The zero-order valence-electron chi connectivity index (χ0n) is 12.2. The predicted octanol–water partition coefficient (Wildman–Crippen LogP) is 0.960. The topological polar surface area (TPSA) is 64.0 Å². The van der Waals surface area contributed by atoms with E-state index in [1.807, 2.05) is 12.1 Å². The molecule has 1 aromatic rings. The lowest BCUT2D eigenvalue weighted by atomic mass is 10.1. The molecule has 0 spiro atoms. The summed E-state index contributed by atoms with van der Waals surface area (Å²) in [7, 11) is 0. The number of carbonyl (C=O) groups excluding carboxylic acids is 1. The van der Waals surface area contributed by atoms with Crippen LogP contribution in [0.3, 0.4) is 0 Å². The Morgan fingerprint density at radius 1 is 1.00 bits per heavy atom. The number of hydrogen-bond donors (Lipinski definition) is 2. The zero-order chi connectivity index (χ0) is 15.0. The van der Waals surface area contributed by atoms with Gasteiger partial charge < -0.3 is 20.0 Å². The van der Waals surface area contributed by atoms with Crippen LogP contribution in [0.5, 0.6) is 0 Å². The van der Waals surface area contributed by atoms with E-state index in [4.69, 9.17) is 10.2 Å². The Balaban J connectivity index is 2.83. The standard InChI is InChI=1S/C15H24N2O3/c1-3-16(4-2)14-7-5-13(6-8-14)15(20)17(9-11-18)10-12-19/h5-8,18-19H,3-4,9-12H2,1-2H3. The van der Waals surface area contributed by atoms with Gasteiger partial charge in [0.15, 0.2) is 0 Å². The van der Waals surface area contributed by atoms with Crippen molar-refractivity contribution in [3.63, 3.8) is 0 Å². The number of anilines is 1. The quantitative estimate of drug-likeness (QED) is 0.744. The van der Waals surface area contributed by atoms with Gasteiger partial charge in [-0.15, -0.1) is 0 Å². The minimum Gasteiger partial charge on any atom is -0.395 e. The summed E-state index contributed by atoms with van der Waals surface area (Å²) in [6.07, 6.45) is 0. The number of benzene rings is 1. The van der Waals surface area contributed by atoms with Crippen LogP contribution in [0.4, 0.5) is 5.69 Å². The number of aliphatic hydroxyl groups excluding tert-OH is 2. The van der Waals surface area contributed by atoms with Gasteiger partial charge in [0.25, 0.3) is 5.91 Å². The van der Waals surface area contributed by atoms with Crippen molar-refractivity contribution >= 4 is 11.6 Å². The molecular formula is C15H24N2O3. The number of carbonyl (C=O) groups is 1. The largest absolute Gasteiger partial charge is 0.395 e. The van der Waals surface area contributed by atoms with E-state index in [1.54, 1.807) is 12.1 Å². The smallest absolute Gasteiger partial charge is 0.254 e. The SMILES string of the molecule is CCN(CC)c1ccc(C(=O)N(CCO)CCO)cc1. The molecule has 0 bridgehead atoms. The molecule has 1 rings (SSSR count). The van der Waals surface area contributed by atoms with Gasteiger partial charge >= 0.3 is 0 Å². The van der Waals surface area contributed by atoms with Gasteiger partial charge in [0, 0.05) is 37.4 Å². The Hall–Kier alpha value is -1.59. The van der Waals surface area contributed by atoms with E-state index in [0.29, 0.717) is 5.56 Å². The summed E-state index contributed by atoms with van der Waals surface area (Å²) in [4.78, 5) is 15.9. The summed E-state index contributed by atoms with van der Waals surface area (Å²) in [6.45, 7) is 6.27. The molecule has 20 heavy (non-hydrogen) atoms. The summed E-state index contributed by atoms with van der Waals surface area (Å²) in [5.41, 5.74) is 1.66. The first-order valence-electron chi connectivity index (χ1n) is 7.03. The van der Waals surface area contributed by atoms with E-state index in [2.05, 4.69) is 18.7 Å². The molecule has 0 aliphatic carbocycles.